The largest absolute Gasteiger partial charge is 0.482 e. The molecule has 0 saturated heterocycles. The van der Waals surface area contributed by atoms with Crippen LogP contribution in [0.3, 0.4) is 0 Å². The number of rotatable bonds is 3. The van der Waals surface area contributed by atoms with Gasteiger partial charge in [-0.15, -0.1) is 0 Å². The second-order valence-corrected chi connectivity index (χ2v) is 4.07. The van der Waals surface area contributed by atoms with Crippen LogP contribution in [0.5, 0.6) is 5.75 Å². The van der Waals surface area contributed by atoms with Crippen LogP contribution in [0.2, 0.25) is 0 Å². The van der Waals surface area contributed by atoms with E-state index < -0.39 is 0 Å². The van der Waals surface area contributed by atoms with Gasteiger partial charge in [0.05, 0.1) is 18.2 Å². The zero-order chi connectivity index (χ0) is 13.1. The van der Waals surface area contributed by atoms with Gasteiger partial charge < -0.3 is 14.8 Å². The van der Waals surface area contributed by atoms with E-state index in [0.717, 1.165) is 5.56 Å². The molecule has 1 aromatic carbocycles. The highest BCUT2D eigenvalue weighted by atomic mass is 16.5. The summed E-state index contributed by atoms with van der Waals surface area (Å²) in [6.07, 6.45) is 0. The van der Waals surface area contributed by atoms with Crippen LogP contribution >= 0.6 is 0 Å². The van der Waals surface area contributed by atoms with Crippen molar-refractivity contribution in [2.24, 2.45) is 0 Å². The Morgan fingerprint density at radius 1 is 1.56 bits per heavy atom. The number of carbonyl (C=O) groups is 2. The molecule has 2 rings (SSSR count). The Hall–Kier alpha value is -2.04. The molecule has 18 heavy (non-hydrogen) atoms. The summed E-state index contributed by atoms with van der Waals surface area (Å²) in [5, 5.41) is 2.71. The van der Waals surface area contributed by atoms with E-state index in [1.165, 1.54) is 0 Å². The zero-order valence-electron chi connectivity index (χ0n) is 10.4. The number of amides is 1. The summed E-state index contributed by atoms with van der Waals surface area (Å²) >= 11 is 0. The molecule has 5 heteroatoms. The summed E-state index contributed by atoms with van der Waals surface area (Å²) in [6.45, 7) is 3.92. The van der Waals surface area contributed by atoms with Gasteiger partial charge in [0.25, 0.3) is 5.91 Å². The maximum absolute atomic E-state index is 11.6. The zero-order valence-corrected chi connectivity index (χ0v) is 10.4. The molecule has 0 aromatic heterocycles. The molecular formula is C13H15NO4. The third-order valence-electron chi connectivity index (χ3n) is 2.78. The van der Waals surface area contributed by atoms with Crippen LogP contribution in [0.25, 0.3) is 0 Å². The highest BCUT2D eigenvalue weighted by Crippen LogP contribution is 2.31. The van der Waals surface area contributed by atoms with Gasteiger partial charge in [-0.1, -0.05) is 6.07 Å². The Labute approximate surface area is 105 Å². The van der Waals surface area contributed by atoms with Gasteiger partial charge in [-0.25, -0.2) is 0 Å². The molecule has 1 aliphatic rings. The van der Waals surface area contributed by atoms with Gasteiger partial charge in [-0.2, -0.15) is 0 Å². The van der Waals surface area contributed by atoms with Crippen LogP contribution in [0.15, 0.2) is 18.2 Å². The van der Waals surface area contributed by atoms with Crippen LogP contribution < -0.4 is 10.1 Å². The summed E-state index contributed by atoms with van der Waals surface area (Å²) in [6, 6.07) is 5.30. The van der Waals surface area contributed by atoms with Gasteiger partial charge in [-0.3, -0.25) is 9.59 Å². The number of esters is 1. The minimum absolute atomic E-state index is 0.0276. The van der Waals surface area contributed by atoms with Gasteiger partial charge in [0.15, 0.2) is 6.61 Å². The number of hydrogen-bond acceptors (Lipinski definition) is 4. The third kappa shape index (κ3) is 2.45. The lowest BCUT2D eigenvalue weighted by Crippen LogP contribution is -2.25. The van der Waals surface area contributed by atoms with E-state index in [0.29, 0.717) is 18.0 Å². The average molecular weight is 249 g/mol. The fraction of sp³-hybridized carbons (Fsp3) is 0.385. The Morgan fingerprint density at radius 3 is 3.06 bits per heavy atom. The van der Waals surface area contributed by atoms with Crippen molar-refractivity contribution < 1.29 is 19.1 Å². The summed E-state index contributed by atoms with van der Waals surface area (Å²) in [4.78, 5) is 22.9. The highest BCUT2D eigenvalue weighted by Gasteiger charge is 2.21. The molecule has 1 N–H and O–H groups in total. The second-order valence-electron chi connectivity index (χ2n) is 4.07. The lowest BCUT2D eigenvalue weighted by Gasteiger charge is -2.19. The van der Waals surface area contributed by atoms with Crippen LogP contribution in [0.4, 0.5) is 5.69 Å². The molecule has 5 nitrogen and oxygen atoms in total. The molecule has 0 aliphatic carbocycles. The Kier molecular flexibility index (Phi) is 3.50. The Balaban J connectivity index is 2.22. The van der Waals surface area contributed by atoms with Crippen molar-refractivity contribution in [1.29, 1.82) is 0 Å². The molecule has 96 valence electrons. The predicted octanol–water partition coefficient (Wildman–Crippen LogP) is 1.68. The third-order valence-corrected chi connectivity index (χ3v) is 2.78. The van der Waals surface area contributed by atoms with E-state index in [1.54, 1.807) is 32.0 Å². The quantitative estimate of drug-likeness (QED) is 0.828. The smallest absolute Gasteiger partial charge is 0.313 e. The molecule has 1 heterocycles. The minimum atomic E-state index is -0.367. The van der Waals surface area contributed by atoms with E-state index in [2.05, 4.69) is 5.32 Å². The van der Waals surface area contributed by atoms with Crippen molar-refractivity contribution >= 4 is 17.6 Å². The fourth-order valence-electron chi connectivity index (χ4n) is 1.77. The summed E-state index contributed by atoms with van der Waals surface area (Å²) in [5.41, 5.74) is 1.39. The van der Waals surface area contributed by atoms with Gasteiger partial charge >= 0.3 is 5.97 Å². The second kappa shape index (κ2) is 5.08. The van der Waals surface area contributed by atoms with E-state index in [9.17, 15) is 9.59 Å². The number of benzene rings is 1. The van der Waals surface area contributed by atoms with E-state index in [-0.39, 0.29) is 24.4 Å². The molecule has 1 amide bonds. The molecule has 0 radical (unpaired) electrons. The number of fused-ring (bicyclic) bond motifs is 1. The highest BCUT2D eigenvalue weighted by molar-refractivity contribution is 5.95. The first-order chi connectivity index (χ1) is 8.61. The maximum Gasteiger partial charge on any atom is 0.313 e. The van der Waals surface area contributed by atoms with Crippen molar-refractivity contribution in [2.45, 2.75) is 19.8 Å². The number of ether oxygens (including phenoxy) is 2. The van der Waals surface area contributed by atoms with Crippen LogP contribution in [0.1, 0.15) is 25.3 Å². The molecule has 0 saturated carbocycles. The van der Waals surface area contributed by atoms with Gasteiger partial charge in [-0.05, 0) is 31.5 Å². The average Bonchev–Trinajstić information content (AvgIpc) is 2.37. The van der Waals surface area contributed by atoms with Crippen molar-refractivity contribution in [2.75, 3.05) is 18.5 Å². The first-order valence-electron chi connectivity index (χ1n) is 5.85. The molecule has 0 spiro atoms. The standard InChI is InChI=1S/C13H15NO4/c1-3-17-13(16)8(2)9-4-5-11-10(6-9)14-12(15)7-18-11/h4-6,8H,3,7H2,1-2H3,(H,14,15). The molecule has 1 aliphatic heterocycles. The SMILES string of the molecule is CCOC(=O)C(C)c1ccc2c(c1)NC(=O)CO2. The first kappa shape index (κ1) is 12.4. The van der Waals surface area contributed by atoms with E-state index in [1.807, 2.05) is 0 Å². The number of anilines is 1. The normalized spacial score (nSPS) is 15.1. The summed E-state index contributed by atoms with van der Waals surface area (Å²) < 4.78 is 10.2. The lowest BCUT2D eigenvalue weighted by molar-refractivity contribution is -0.144. The van der Waals surface area contributed by atoms with E-state index >= 15 is 0 Å². The van der Waals surface area contributed by atoms with E-state index in [4.69, 9.17) is 9.47 Å². The van der Waals surface area contributed by atoms with Crippen LogP contribution in [0, 0.1) is 0 Å². The molecular weight excluding hydrogens is 234 g/mol. The number of hydrogen-bond donors (Lipinski definition) is 1. The van der Waals surface area contributed by atoms with Crippen molar-refractivity contribution in [3.05, 3.63) is 23.8 Å². The molecule has 1 aromatic rings. The summed E-state index contributed by atoms with van der Waals surface area (Å²) in [7, 11) is 0. The predicted molar refractivity (Wildman–Crippen MR) is 65.6 cm³/mol. The van der Waals surface area contributed by atoms with Crippen molar-refractivity contribution in [3.63, 3.8) is 0 Å². The van der Waals surface area contributed by atoms with Crippen molar-refractivity contribution in [1.82, 2.24) is 0 Å². The molecule has 1 unspecified atom stereocenters. The fourth-order valence-corrected chi connectivity index (χ4v) is 1.77. The monoisotopic (exact) mass is 249 g/mol. The Morgan fingerprint density at radius 2 is 2.33 bits per heavy atom. The molecule has 0 bridgehead atoms. The lowest BCUT2D eigenvalue weighted by atomic mass is 10.00. The number of nitrogens with one attached hydrogen (secondary N) is 1. The van der Waals surface area contributed by atoms with Crippen LogP contribution in [-0.4, -0.2) is 25.1 Å². The van der Waals surface area contributed by atoms with Gasteiger partial charge in [0.1, 0.15) is 5.75 Å². The van der Waals surface area contributed by atoms with Gasteiger partial charge in [0.2, 0.25) is 0 Å². The Bertz CT molecular complexity index is 484. The minimum Gasteiger partial charge on any atom is -0.482 e. The molecule has 0 fully saturated rings. The molecule has 1 atom stereocenters. The van der Waals surface area contributed by atoms with Gasteiger partial charge in [0, 0.05) is 0 Å². The topological polar surface area (TPSA) is 64.6 Å². The number of carbonyl (C=O) groups excluding carboxylic acids is 2. The van der Waals surface area contributed by atoms with Crippen molar-refractivity contribution in [3.8, 4) is 5.75 Å². The summed E-state index contributed by atoms with van der Waals surface area (Å²) in [5.74, 6) is -0.215. The maximum atomic E-state index is 11.6. The van der Waals surface area contributed by atoms with Crippen LogP contribution in [-0.2, 0) is 14.3 Å². The first-order valence-corrected chi connectivity index (χ1v) is 5.85.